The van der Waals surface area contributed by atoms with Gasteiger partial charge in [0.2, 0.25) is 0 Å². The maximum atomic E-state index is 12.2. The summed E-state index contributed by atoms with van der Waals surface area (Å²) < 4.78 is 5.60. The molecule has 2 N–H and O–H groups in total. The second-order valence-electron chi connectivity index (χ2n) is 6.85. The number of hydrogen-bond donors (Lipinski definition) is 2. The summed E-state index contributed by atoms with van der Waals surface area (Å²) in [5.74, 6) is 0.693. The normalized spacial score (nSPS) is 10.4. The molecule has 0 fully saturated rings. The predicted molar refractivity (Wildman–Crippen MR) is 107 cm³/mol. The molecular formula is C21H27N3O3. The van der Waals surface area contributed by atoms with Crippen LogP contribution in [0.15, 0.2) is 42.5 Å². The van der Waals surface area contributed by atoms with E-state index < -0.39 is 0 Å². The highest BCUT2D eigenvalue weighted by atomic mass is 16.5. The van der Waals surface area contributed by atoms with Gasteiger partial charge in [-0.2, -0.15) is 0 Å². The van der Waals surface area contributed by atoms with Crippen molar-refractivity contribution in [2.24, 2.45) is 0 Å². The first kappa shape index (κ1) is 20.3. The van der Waals surface area contributed by atoms with Crippen molar-refractivity contribution in [2.45, 2.75) is 33.4 Å². The van der Waals surface area contributed by atoms with Gasteiger partial charge in [-0.15, -0.1) is 0 Å². The van der Waals surface area contributed by atoms with Crippen LogP contribution in [0.2, 0.25) is 0 Å². The van der Waals surface area contributed by atoms with Crippen molar-refractivity contribution in [1.82, 2.24) is 10.2 Å². The molecule has 6 heteroatoms. The van der Waals surface area contributed by atoms with Gasteiger partial charge in [-0.3, -0.25) is 4.79 Å². The van der Waals surface area contributed by atoms with Gasteiger partial charge in [-0.1, -0.05) is 18.2 Å². The highest BCUT2D eigenvalue weighted by Gasteiger charge is 2.11. The minimum absolute atomic E-state index is 0.109. The predicted octanol–water partition coefficient (Wildman–Crippen LogP) is 3.81. The van der Waals surface area contributed by atoms with Gasteiger partial charge < -0.3 is 20.3 Å². The summed E-state index contributed by atoms with van der Waals surface area (Å²) >= 11 is 0. The lowest BCUT2D eigenvalue weighted by Gasteiger charge is -2.14. The van der Waals surface area contributed by atoms with Gasteiger partial charge in [-0.05, 0) is 56.2 Å². The summed E-state index contributed by atoms with van der Waals surface area (Å²) in [5, 5.41) is 5.63. The fraction of sp³-hybridized carbons (Fsp3) is 0.333. The third-order valence-electron chi connectivity index (χ3n) is 3.89. The van der Waals surface area contributed by atoms with E-state index in [1.807, 2.05) is 51.1 Å². The van der Waals surface area contributed by atoms with Crippen LogP contribution in [0.25, 0.3) is 0 Å². The van der Waals surface area contributed by atoms with Crippen LogP contribution in [0.1, 0.15) is 35.3 Å². The van der Waals surface area contributed by atoms with Crippen LogP contribution in [-0.4, -0.2) is 37.0 Å². The molecule has 0 radical (unpaired) electrons. The number of rotatable bonds is 6. The molecule has 0 atom stereocenters. The van der Waals surface area contributed by atoms with E-state index in [1.54, 1.807) is 26.2 Å². The lowest BCUT2D eigenvalue weighted by molar-refractivity contribution is 0.0827. The molecule has 0 bridgehead atoms. The SMILES string of the molecule is Cc1ccc(C(=O)N(C)C)cc1NC(=O)NCc1ccc(OC(C)C)cc1. The zero-order chi connectivity index (χ0) is 20.0. The molecule has 2 rings (SSSR count). The first-order valence-corrected chi connectivity index (χ1v) is 8.89. The van der Waals surface area contributed by atoms with Gasteiger partial charge in [0.05, 0.1) is 6.10 Å². The lowest BCUT2D eigenvalue weighted by atomic mass is 10.1. The first-order valence-electron chi connectivity index (χ1n) is 8.89. The molecule has 3 amide bonds. The van der Waals surface area contributed by atoms with Gasteiger partial charge in [0.25, 0.3) is 5.91 Å². The van der Waals surface area contributed by atoms with Gasteiger partial charge in [0.15, 0.2) is 0 Å². The van der Waals surface area contributed by atoms with Crippen LogP contribution < -0.4 is 15.4 Å². The zero-order valence-electron chi connectivity index (χ0n) is 16.5. The topological polar surface area (TPSA) is 70.7 Å². The maximum Gasteiger partial charge on any atom is 0.319 e. The van der Waals surface area contributed by atoms with Crippen LogP contribution in [0.3, 0.4) is 0 Å². The standard InChI is InChI=1S/C21H27N3O3/c1-14(2)27-18-10-7-16(8-11-18)13-22-21(26)23-19-12-17(9-6-15(19)3)20(25)24(4)5/h6-12,14H,13H2,1-5H3,(H2,22,23,26). The van der Waals surface area contributed by atoms with E-state index in [9.17, 15) is 9.59 Å². The minimum atomic E-state index is -0.324. The third kappa shape index (κ3) is 6.02. The summed E-state index contributed by atoms with van der Waals surface area (Å²) in [6.45, 7) is 6.22. The number of carbonyl (C=O) groups is 2. The zero-order valence-corrected chi connectivity index (χ0v) is 16.5. The van der Waals surface area contributed by atoms with Gasteiger partial charge >= 0.3 is 6.03 Å². The second-order valence-corrected chi connectivity index (χ2v) is 6.85. The van der Waals surface area contributed by atoms with Crippen LogP contribution in [0.5, 0.6) is 5.75 Å². The van der Waals surface area contributed by atoms with Crippen molar-refractivity contribution < 1.29 is 14.3 Å². The Morgan fingerprint density at radius 3 is 2.33 bits per heavy atom. The fourth-order valence-corrected chi connectivity index (χ4v) is 2.45. The number of anilines is 1. The monoisotopic (exact) mass is 369 g/mol. The number of nitrogens with one attached hydrogen (secondary N) is 2. The number of carbonyl (C=O) groups excluding carboxylic acids is 2. The Morgan fingerprint density at radius 1 is 1.07 bits per heavy atom. The van der Waals surface area contributed by atoms with Crippen molar-refractivity contribution in [3.8, 4) is 5.75 Å². The highest BCUT2D eigenvalue weighted by molar-refractivity contribution is 5.97. The summed E-state index contributed by atoms with van der Waals surface area (Å²) in [6, 6.07) is 12.5. The van der Waals surface area contributed by atoms with Crippen molar-refractivity contribution in [3.05, 3.63) is 59.2 Å². The summed E-state index contributed by atoms with van der Waals surface area (Å²) in [6.07, 6.45) is 0.123. The number of hydrogen-bond acceptors (Lipinski definition) is 3. The molecule has 0 aliphatic heterocycles. The largest absolute Gasteiger partial charge is 0.491 e. The molecule has 0 aliphatic carbocycles. The molecule has 144 valence electrons. The van der Waals surface area contributed by atoms with E-state index >= 15 is 0 Å². The Bertz CT molecular complexity index is 799. The molecule has 0 aliphatic rings. The molecule has 2 aromatic rings. The van der Waals surface area contributed by atoms with E-state index in [2.05, 4.69) is 10.6 Å². The number of nitrogens with zero attached hydrogens (tertiary/aromatic N) is 1. The van der Waals surface area contributed by atoms with E-state index in [-0.39, 0.29) is 18.0 Å². The molecule has 0 saturated heterocycles. The number of ether oxygens (including phenoxy) is 1. The summed E-state index contributed by atoms with van der Waals surface area (Å²) in [5.41, 5.74) is 2.99. The van der Waals surface area contributed by atoms with Crippen molar-refractivity contribution >= 4 is 17.6 Å². The molecular weight excluding hydrogens is 342 g/mol. The minimum Gasteiger partial charge on any atom is -0.491 e. The van der Waals surface area contributed by atoms with Gasteiger partial charge in [0.1, 0.15) is 5.75 Å². The molecule has 0 heterocycles. The maximum absolute atomic E-state index is 12.2. The third-order valence-corrected chi connectivity index (χ3v) is 3.89. The smallest absolute Gasteiger partial charge is 0.319 e. The Kier molecular flexibility index (Phi) is 6.82. The van der Waals surface area contributed by atoms with E-state index in [1.165, 1.54) is 4.90 Å². The average molecular weight is 369 g/mol. The van der Waals surface area contributed by atoms with Crippen LogP contribution in [-0.2, 0) is 6.54 Å². The van der Waals surface area contributed by atoms with E-state index in [4.69, 9.17) is 4.74 Å². The quantitative estimate of drug-likeness (QED) is 0.813. The molecule has 6 nitrogen and oxygen atoms in total. The Labute approximate surface area is 160 Å². The molecule has 0 spiro atoms. The molecule has 0 unspecified atom stereocenters. The van der Waals surface area contributed by atoms with Crippen LogP contribution in [0, 0.1) is 6.92 Å². The number of amides is 3. The van der Waals surface area contributed by atoms with Gasteiger partial charge in [-0.25, -0.2) is 4.79 Å². The first-order chi connectivity index (χ1) is 12.8. The van der Waals surface area contributed by atoms with E-state index in [0.29, 0.717) is 17.8 Å². The fourth-order valence-electron chi connectivity index (χ4n) is 2.45. The second kappa shape index (κ2) is 9.07. The number of urea groups is 1. The molecule has 0 saturated carbocycles. The highest BCUT2D eigenvalue weighted by Crippen LogP contribution is 2.18. The summed E-state index contributed by atoms with van der Waals surface area (Å²) in [7, 11) is 3.39. The summed E-state index contributed by atoms with van der Waals surface area (Å²) in [4.78, 5) is 25.8. The number of aryl methyl sites for hydroxylation is 1. The van der Waals surface area contributed by atoms with Crippen molar-refractivity contribution in [2.75, 3.05) is 19.4 Å². The van der Waals surface area contributed by atoms with Crippen LogP contribution >= 0.6 is 0 Å². The van der Waals surface area contributed by atoms with Crippen molar-refractivity contribution in [3.63, 3.8) is 0 Å². The molecule has 0 aromatic heterocycles. The Hall–Kier alpha value is -3.02. The Balaban J connectivity index is 1.95. The van der Waals surface area contributed by atoms with Crippen LogP contribution in [0.4, 0.5) is 10.5 Å². The Morgan fingerprint density at radius 2 is 1.74 bits per heavy atom. The molecule has 27 heavy (non-hydrogen) atoms. The lowest BCUT2D eigenvalue weighted by Crippen LogP contribution is -2.28. The van der Waals surface area contributed by atoms with Crippen molar-refractivity contribution in [1.29, 1.82) is 0 Å². The average Bonchev–Trinajstić information content (AvgIpc) is 2.62. The van der Waals surface area contributed by atoms with Gasteiger partial charge in [0, 0.05) is 31.9 Å². The number of benzene rings is 2. The molecule has 2 aromatic carbocycles. The van der Waals surface area contributed by atoms with E-state index in [0.717, 1.165) is 16.9 Å².